The van der Waals surface area contributed by atoms with E-state index in [2.05, 4.69) is 4.74 Å². The van der Waals surface area contributed by atoms with E-state index in [0.29, 0.717) is 0 Å². The van der Waals surface area contributed by atoms with Gasteiger partial charge >= 0.3 is 71.3 Å². The van der Waals surface area contributed by atoms with Gasteiger partial charge in [-0.15, -0.1) is 0 Å². The fourth-order valence-electron chi connectivity index (χ4n) is 1.13. The molecule has 0 heterocycles. The minimum Gasteiger partial charge on any atom is -0.768 e. The Balaban J connectivity index is 0. The molecule has 0 aliphatic rings. The summed E-state index contributed by atoms with van der Waals surface area (Å²) in [4.78, 5) is 0. The molecule has 0 aromatic carbocycles. The van der Waals surface area contributed by atoms with Gasteiger partial charge in [-0.1, -0.05) is 0 Å². The molecule has 0 saturated carbocycles. The number of hydrogen-bond donors (Lipinski definition) is 0. The van der Waals surface area contributed by atoms with Crippen LogP contribution in [0.15, 0.2) is 0 Å². The predicted octanol–water partition coefficient (Wildman–Crippen LogP) is 1.38. The Morgan fingerprint density at radius 2 is 1.19 bits per heavy atom. The fraction of sp³-hybridized carbons (Fsp3) is 1.00. The number of alkyl halides is 16. The first-order valence-corrected chi connectivity index (χ1v) is 7.40. The number of hydrogen-bond acceptors (Lipinski definition) is 5. The van der Waals surface area contributed by atoms with Crippen LogP contribution >= 0.6 is 0 Å². The van der Waals surface area contributed by atoms with E-state index in [1.165, 1.54) is 4.74 Å². The van der Waals surface area contributed by atoms with E-state index in [0.717, 1.165) is 0 Å². The topological polar surface area (TPSA) is 67.8 Å². The third-order valence-electron chi connectivity index (χ3n) is 2.50. The molecule has 0 spiro atoms. The Labute approximate surface area is 188 Å². The molecule has 188 valence electrons. The van der Waals surface area contributed by atoms with Crippen molar-refractivity contribution in [2.75, 3.05) is 6.61 Å². The molecule has 0 amide bonds. The summed E-state index contributed by atoms with van der Waals surface area (Å²) in [6.07, 6.45) is -39.9. The molecule has 0 radical (unpaired) electrons. The number of halogens is 16. The zero-order chi connectivity index (χ0) is 25.5. The van der Waals surface area contributed by atoms with Crippen LogP contribution in [-0.2, 0) is 25.3 Å². The molecule has 0 saturated heterocycles. The molecule has 0 rings (SSSR count). The molecule has 3 atom stereocenters. The molecule has 5 nitrogen and oxygen atoms in total. The van der Waals surface area contributed by atoms with Gasteiger partial charge in [0.15, 0.2) is 0 Å². The molecule has 0 fully saturated rings. The van der Waals surface area contributed by atoms with Crippen LogP contribution in [0.4, 0.5) is 70.2 Å². The van der Waals surface area contributed by atoms with Crippen molar-refractivity contribution in [3.05, 3.63) is 0 Å². The Hall–Kier alpha value is -0.130. The van der Waals surface area contributed by atoms with Crippen LogP contribution in [-0.4, -0.2) is 63.5 Å². The van der Waals surface area contributed by atoms with Gasteiger partial charge in [0.25, 0.3) is 6.36 Å². The summed E-state index contributed by atoms with van der Waals surface area (Å²) in [6, 6.07) is 0. The molecule has 0 aliphatic heterocycles. The molecule has 23 heteroatoms. The maximum absolute atomic E-state index is 13.6. The van der Waals surface area contributed by atoms with Gasteiger partial charge in [-0.2, -0.15) is 65.9 Å². The van der Waals surface area contributed by atoms with Crippen molar-refractivity contribution in [3.63, 3.8) is 0 Å². The van der Waals surface area contributed by atoms with Crippen LogP contribution in [0.5, 0.6) is 0 Å². The van der Waals surface area contributed by atoms with Crippen molar-refractivity contribution in [1.82, 2.24) is 0 Å². The van der Waals surface area contributed by atoms with Crippen molar-refractivity contribution in [2.24, 2.45) is 0 Å². The zero-order valence-electron chi connectivity index (χ0n) is 14.3. The average molecular weight is 550 g/mol. The third kappa shape index (κ3) is 7.70. The van der Waals surface area contributed by atoms with Gasteiger partial charge in [0.05, 0.1) is 0 Å². The minimum absolute atomic E-state index is 0. The average Bonchev–Trinajstić information content (AvgIpc) is 2.49. The SMILES string of the molecule is O=S([O-])C(F)(F)C(F)(F)OC(F)(C(F)(F)F)C(F)(F)OC(F)C(F)(F)OCC(F)(F)F.[Na+]. The smallest absolute Gasteiger partial charge is 0.768 e. The monoisotopic (exact) mass is 550 g/mol. The van der Waals surface area contributed by atoms with Gasteiger partial charge in [-0.3, -0.25) is 13.7 Å². The summed E-state index contributed by atoms with van der Waals surface area (Å²) in [5, 5.41) is -6.86. The van der Waals surface area contributed by atoms with Gasteiger partial charge < -0.3 is 9.29 Å². The predicted molar refractivity (Wildman–Crippen MR) is 57.7 cm³/mol. The Morgan fingerprint density at radius 3 is 1.50 bits per heavy atom. The number of ether oxygens (including phenoxy) is 3. The minimum atomic E-state index is -7.67. The Morgan fingerprint density at radius 1 is 0.781 bits per heavy atom. The first-order chi connectivity index (χ1) is 13.2. The van der Waals surface area contributed by atoms with Crippen LogP contribution in [0.25, 0.3) is 0 Å². The second-order valence-corrected chi connectivity index (χ2v) is 5.86. The summed E-state index contributed by atoms with van der Waals surface area (Å²) in [6.45, 7) is -3.15. The standard InChI is InChI=1S/C9H4F16O5S.Na/c10-2(4(14,15)28-1-3(11,12)13)29-7(20,21)5(16,6(17,18)19)30-8(22,23)9(24,25)31(26)27;/h2H,1H2,(H,26,27);/q;+1/p-1. The summed E-state index contributed by atoms with van der Waals surface area (Å²) < 4.78 is 228. The maximum atomic E-state index is 13.6. The maximum Gasteiger partial charge on any atom is 1.00 e. The first-order valence-electron chi connectivity index (χ1n) is 6.32. The Kier molecular flexibility index (Phi) is 10.9. The van der Waals surface area contributed by atoms with Gasteiger partial charge in [0.2, 0.25) is 0 Å². The summed E-state index contributed by atoms with van der Waals surface area (Å²) in [5.74, 6) is -7.67. The van der Waals surface area contributed by atoms with E-state index in [4.69, 9.17) is 0 Å². The van der Waals surface area contributed by atoms with Crippen molar-refractivity contribution in [1.29, 1.82) is 0 Å². The fourth-order valence-corrected chi connectivity index (χ4v) is 1.37. The molecule has 32 heavy (non-hydrogen) atoms. The largest absolute Gasteiger partial charge is 1.00 e. The molecule has 3 unspecified atom stereocenters. The van der Waals surface area contributed by atoms with Crippen molar-refractivity contribution < 1.29 is 123 Å². The van der Waals surface area contributed by atoms with E-state index < -0.39 is 65.8 Å². The molecule has 0 aromatic heterocycles. The van der Waals surface area contributed by atoms with Crippen LogP contribution < -0.4 is 29.6 Å². The zero-order valence-corrected chi connectivity index (χ0v) is 17.1. The molecule has 0 bridgehead atoms. The first kappa shape index (κ1) is 34.0. The second-order valence-electron chi connectivity index (χ2n) is 4.88. The van der Waals surface area contributed by atoms with E-state index >= 15 is 0 Å². The van der Waals surface area contributed by atoms with E-state index in [1.807, 2.05) is 4.74 Å². The van der Waals surface area contributed by atoms with Crippen LogP contribution in [0.1, 0.15) is 0 Å². The normalized spacial score (nSPS) is 18.5. The van der Waals surface area contributed by atoms with Crippen LogP contribution in [0.3, 0.4) is 0 Å². The van der Waals surface area contributed by atoms with Crippen molar-refractivity contribution >= 4 is 11.1 Å². The Bertz CT molecular complexity index is 653. The molecular weight excluding hydrogens is 547 g/mol. The van der Waals surface area contributed by atoms with Gasteiger partial charge in [0.1, 0.15) is 6.61 Å². The third-order valence-corrected chi connectivity index (χ3v) is 3.16. The molecule has 0 aromatic rings. The van der Waals surface area contributed by atoms with Crippen LogP contribution in [0.2, 0.25) is 0 Å². The van der Waals surface area contributed by atoms with E-state index in [1.54, 1.807) is 0 Å². The van der Waals surface area contributed by atoms with Gasteiger partial charge in [-0.25, -0.2) is 4.39 Å². The van der Waals surface area contributed by atoms with Crippen molar-refractivity contribution in [3.8, 4) is 0 Å². The summed E-state index contributed by atoms with van der Waals surface area (Å²) >= 11 is -5.47. The quantitative estimate of drug-likeness (QED) is 0.234. The van der Waals surface area contributed by atoms with E-state index in [-0.39, 0.29) is 29.6 Å². The van der Waals surface area contributed by atoms with Crippen molar-refractivity contribution in [2.45, 2.75) is 48.1 Å². The van der Waals surface area contributed by atoms with Gasteiger partial charge in [0, 0.05) is 11.1 Å². The van der Waals surface area contributed by atoms with Crippen LogP contribution in [0, 0.1) is 0 Å². The molecule has 0 aliphatic carbocycles. The van der Waals surface area contributed by atoms with Gasteiger partial charge in [-0.05, 0) is 0 Å². The molecule has 0 N–H and O–H groups in total. The summed E-state index contributed by atoms with van der Waals surface area (Å²) in [7, 11) is 0. The number of rotatable bonds is 10. The molecular formula is C9H3F16NaO5S. The second kappa shape index (κ2) is 10.2. The summed E-state index contributed by atoms with van der Waals surface area (Å²) in [5.41, 5.74) is 0. The van der Waals surface area contributed by atoms with E-state index in [9.17, 15) is 79.0 Å².